The maximum Gasteiger partial charge on any atom is 0.300 e. The second-order valence-corrected chi connectivity index (χ2v) is 4.08. The molecule has 0 fully saturated rings. The molecule has 0 aliphatic heterocycles. The normalized spacial score (nSPS) is 10.6. The molecule has 4 nitrogen and oxygen atoms in total. The number of rotatable bonds is 3. The second kappa shape index (κ2) is 4.61. The average molecular weight is 257 g/mol. The zero-order chi connectivity index (χ0) is 13.2. The number of ether oxygens (including phenoxy) is 1. The maximum absolute atomic E-state index is 13.1. The lowest BCUT2D eigenvalue weighted by atomic mass is 10.3. The molecule has 5 heteroatoms. The summed E-state index contributed by atoms with van der Waals surface area (Å²) in [5, 5.41) is 3.03. The highest BCUT2D eigenvalue weighted by atomic mass is 19.1. The number of aromatic amines is 1. The Hall–Kier alpha value is -2.56. The minimum atomic E-state index is -0.305. The predicted molar refractivity (Wildman–Crippen MR) is 72.1 cm³/mol. The highest BCUT2D eigenvalue weighted by Gasteiger charge is 2.05. The number of nitrogens with one attached hydrogen (secondary N) is 2. The molecule has 0 aliphatic rings. The van der Waals surface area contributed by atoms with Gasteiger partial charge in [-0.05, 0) is 42.5 Å². The fraction of sp³-hybridized carbons (Fsp3) is 0.0714. The van der Waals surface area contributed by atoms with Crippen LogP contribution in [0.5, 0.6) is 11.8 Å². The number of benzene rings is 2. The largest absolute Gasteiger partial charge is 0.426 e. The first-order chi connectivity index (χ1) is 9.24. The van der Waals surface area contributed by atoms with Crippen molar-refractivity contribution in [3.63, 3.8) is 0 Å². The average Bonchev–Trinajstić information content (AvgIpc) is 2.81. The summed E-state index contributed by atoms with van der Waals surface area (Å²) in [4.78, 5) is 7.16. The molecule has 0 bridgehead atoms. The summed E-state index contributed by atoms with van der Waals surface area (Å²) in [7, 11) is 1.85. The summed E-state index contributed by atoms with van der Waals surface area (Å²) in [6, 6.07) is 12.2. The van der Waals surface area contributed by atoms with Crippen molar-refractivity contribution in [3.05, 3.63) is 48.3 Å². The van der Waals surface area contributed by atoms with Crippen LogP contribution in [0.2, 0.25) is 0 Å². The van der Waals surface area contributed by atoms with Crippen molar-refractivity contribution < 1.29 is 9.13 Å². The van der Waals surface area contributed by atoms with Crippen molar-refractivity contribution in [2.75, 3.05) is 12.4 Å². The third-order valence-electron chi connectivity index (χ3n) is 2.78. The van der Waals surface area contributed by atoms with E-state index in [9.17, 15) is 4.39 Å². The highest BCUT2D eigenvalue weighted by molar-refractivity contribution is 5.75. The summed E-state index contributed by atoms with van der Waals surface area (Å²) >= 11 is 0. The minimum absolute atomic E-state index is 0.305. The molecule has 0 saturated carbocycles. The molecule has 1 aromatic heterocycles. The van der Waals surface area contributed by atoms with Crippen LogP contribution in [-0.4, -0.2) is 17.0 Å². The van der Waals surface area contributed by atoms with Crippen molar-refractivity contribution in [2.45, 2.75) is 0 Å². The first kappa shape index (κ1) is 11.5. The Morgan fingerprint density at radius 3 is 2.68 bits per heavy atom. The third kappa shape index (κ3) is 2.35. The van der Waals surface area contributed by atoms with Gasteiger partial charge in [0, 0.05) is 12.7 Å². The van der Waals surface area contributed by atoms with E-state index in [0.717, 1.165) is 5.69 Å². The van der Waals surface area contributed by atoms with Gasteiger partial charge in [0.05, 0.1) is 11.0 Å². The minimum Gasteiger partial charge on any atom is -0.426 e. The van der Waals surface area contributed by atoms with E-state index in [4.69, 9.17) is 4.74 Å². The van der Waals surface area contributed by atoms with Gasteiger partial charge in [0.15, 0.2) is 0 Å². The van der Waals surface area contributed by atoms with Crippen LogP contribution in [0.3, 0.4) is 0 Å². The van der Waals surface area contributed by atoms with Crippen LogP contribution < -0.4 is 10.1 Å². The quantitative estimate of drug-likeness (QED) is 0.754. The van der Waals surface area contributed by atoms with Crippen LogP contribution in [0, 0.1) is 5.82 Å². The molecule has 3 aromatic rings. The number of nitrogens with zero attached hydrogens (tertiary/aromatic N) is 1. The number of fused-ring (bicyclic) bond motifs is 1. The summed E-state index contributed by atoms with van der Waals surface area (Å²) < 4.78 is 18.6. The molecule has 0 radical (unpaired) electrons. The van der Waals surface area contributed by atoms with Crippen molar-refractivity contribution in [1.82, 2.24) is 9.97 Å². The van der Waals surface area contributed by atoms with Crippen LogP contribution in [0.25, 0.3) is 11.0 Å². The van der Waals surface area contributed by atoms with Crippen LogP contribution in [-0.2, 0) is 0 Å². The number of hydrogen-bond donors (Lipinski definition) is 2. The number of anilines is 1. The molecule has 2 N–H and O–H groups in total. The van der Waals surface area contributed by atoms with E-state index in [1.54, 1.807) is 6.07 Å². The number of hydrogen-bond acceptors (Lipinski definition) is 3. The fourth-order valence-electron chi connectivity index (χ4n) is 1.81. The third-order valence-corrected chi connectivity index (χ3v) is 2.78. The summed E-state index contributed by atoms with van der Waals surface area (Å²) in [5.41, 5.74) is 2.28. The number of halogens is 1. The van der Waals surface area contributed by atoms with E-state index >= 15 is 0 Å². The summed E-state index contributed by atoms with van der Waals surface area (Å²) in [6.45, 7) is 0. The standard InChI is InChI=1S/C14H12FN3O/c1-16-10-3-5-11(6-4-10)19-14-17-12-7-2-9(15)8-13(12)18-14/h2-8,16H,1H3,(H,17,18). The lowest BCUT2D eigenvalue weighted by molar-refractivity contribution is 0.449. The van der Waals surface area contributed by atoms with Gasteiger partial charge in [-0.1, -0.05) is 0 Å². The molecule has 2 aromatic carbocycles. The Morgan fingerprint density at radius 2 is 1.95 bits per heavy atom. The van der Waals surface area contributed by atoms with Crippen molar-refractivity contribution >= 4 is 16.7 Å². The van der Waals surface area contributed by atoms with E-state index in [0.29, 0.717) is 22.8 Å². The van der Waals surface area contributed by atoms with Gasteiger partial charge in [-0.15, -0.1) is 0 Å². The Bertz CT molecular complexity index is 706. The van der Waals surface area contributed by atoms with Crippen molar-refractivity contribution in [2.24, 2.45) is 0 Å². The molecule has 0 aliphatic carbocycles. The van der Waals surface area contributed by atoms with Gasteiger partial charge in [-0.2, -0.15) is 4.98 Å². The van der Waals surface area contributed by atoms with Gasteiger partial charge in [0.2, 0.25) is 0 Å². The van der Waals surface area contributed by atoms with E-state index < -0.39 is 0 Å². The molecule has 19 heavy (non-hydrogen) atoms. The first-order valence-corrected chi connectivity index (χ1v) is 5.85. The SMILES string of the molecule is CNc1ccc(Oc2nc3ccc(F)cc3[nH]2)cc1. The summed E-state index contributed by atoms with van der Waals surface area (Å²) in [6.07, 6.45) is 0. The van der Waals surface area contributed by atoms with Gasteiger partial charge in [-0.3, -0.25) is 0 Å². The monoisotopic (exact) mass is 257 g/mol. The van der Waals surface area contributed by atoms with Crippen LogP contribution in [0.4, 0.5) is 10.1 Å². The van der Waals surface area contributed by atoms with Gasteiger partial charge in [0.1, 0.15) is 11.6 Å². The molecule has 0 atom stereocenters. The Kier molecular flexibility index (Phi) is 2.79. The van der Waals surface area contributed by atoms with Crippen molar-refractivity contribution in [1.29, 1.82) is 0 Å². The Labute approximate surface area is 109 Å². The fourth-order valence-corrected chi connectivity index (χ4v) is 1.81. The topological polar surface area (TPSA) is 49.9 Å². The zero-order valence-electron chi connectivity index (χ0n) is 10.3. The molecule has 3 rings (SSSR count). The molecule has 0 saturated heterocycles. The molecular weight excluding hydrogens is 245 g/mol. The Balaban J connectivity index is 1.87. The molecular formula is C14H12FN3O. The van der Waals surface area contributed by atoms with E-state index in [1.165, 1.54) is 12.1 Å². The van der Waals surface area contributed by atoms with Crippen LogP contribution >= 0.6 is 0 Å². The van der Waals surface area contributed by atoms with Crippen molar-refractivity contribution in [3.8, 4) is 11.8 Å². The number of aromatic nitrogens is 2. The van der Waals surface area contributed by atoms with E-state index in [1.807, 2.05) is 31.3 Å². The van der Waals surface area contributed by atoms with Crippen LogP contribution in [0.1, 0.15) is 0 Å². The van der Waals surface area contributed by atoms with Gasteiger partial charge < -0.3 is 15.0 Å². The number of H-pyrrole nitrogens is 1. The highest BCUT2D eigenvalue weighted by Crippen LogP contribution is 2.23. The number of imidazole rings is 1. The van der Waals surface area contributed by atoms with Gasteiger partial charge >= 0.3 is 0 Å². The van der Waals surface area contributed by atoms with E-state index in [2.05, 4.69) is 15.3 Å². The maximum atomic E-state index is 13.1. The Morgan fingerprint density at radius 1 is 1.16 bits per heavy atom. The van der Waals surface area contributed by atoms with Crippen LogP contribution in [0.15, 0.2) is 42.5 Å². The predicted octanol–water partition coefficient (Wildman–Crippen LogP) is 3.54. The molecule has 0 spiro atoms. The zero-order valence-corrected chi connectivity index (χ0v) is 10.3. The molecule has 0 amide bonds. The lowest BCUT2D eigenvalue weighted by Gasteiger charge is -2.03. The van der Waals surface area contributed by atoms with E-state index in [-0.39, 0.29) is 5.82 Å². The first-order valence-electron chi connectivity index (χ1n) is 5.85. The second-order valence-electron chi connectivity index (χ2n) is 4.08. The van der Waals surface area contributed by atoms with Gasteiger partial charge in [0.25, 0.3) is 6.01 Å². The smallest absolute Gasteiger partial charge is 0.300 e. The summed E-state index contributed by atoms with van der Waals surface area (Å²) in [5.74, 6) is 0.361. The molecule has 0 unspecified atom stereocenters. The lowest BCUT2D eigenvalue weighted by Crippen LogP contribution is -1.89. The van der Waals surface area contributed by atoms with Gasteiger partial charge in [-0.25, -0.2) is 4.39 Å². The molecule has 96 valence electrons. The molecule has 1 heterocycles.